The number of hydrogen-bond donors (Lipinski definition) is 2. The van der Waals surface area contributed by atoms with E-state index in [9.17, 15) is 0 Å². The van der Waals surface area contributed by atoms with Crippen LogP contribution in [0.1, 0.15) is 0 Å². The van der Waals surface area contributed by atoms with Crippen molar-refractivity contribution in [1.29, 1.82) is 0 Å². The van der Waals surface area contributed by atoms with Crippen molar-refractivity contribution < 1.29 is 4.74 Å². The molecular formula is C11H11BrN4O. The second kappa shape index (κ2) is 4.58. The first-order chi connectivity index (χ1) is 8.11. The number of nitrogens with zero attached hydrogens (tertiary/aromatic N) is 2. The number of nitrogen functional groups attached to an aromatic ring is 2. The van der Waals surface area contributed by atoms with E-state index in [1.807, 2.05) is 18.2 Å². The quantitative estimate of drug-likeness (QED) is 0.885. The fraction of sp³-hybridized carbons (Fsp3) is 0.0909. The molecule has 0 atom stereocenters. The van der Waals surface area contributed by atoms with E-state index in [4.69, 9.17) is 16.2 Å². The van der Waals surface area contributed by atoms with Crippen LogP contribution in [0, 0.1) is 0 Å². The Hall–Kier alpha value is -1.82. The van der Waals surface area contributed by atoms with E-state index in [-0.39, 0.29) is 5.95 Å². The summed E-state index contributed by atoms with van der Waals surface area (Å²) in [6.07, 6.45) is 1.59. The topological polar surface area (TPSA) is 87.0 Å². The second-order valence-electron chi connectivity index (χ2n) is 3.37. The summed E-state index contributed by atoms with van der Waals surface area (Å²) in [4.78, 5) is 7.87. The summed E-state index contributed by atoms with van der Waals surface area (Å²) in [5, 5.41) is 0. The minimum Gasteiger partial charge on any atom is -0.496 e. The third-order valence-corrected chi connectivity index (χ3v) is 2.78. The fourth-order valence-electron chi connectivity index (χ4n) is 1.51. The standard InChI is InChI=1S/C11H11BrN4O/c1-17-9-3-2-6(12)4-7(9)8-5-15-11(14)16-10(8)13/h2-5H,1H3,(H4,13,14,15,16). The van der Waals surface area contributed by atoms with E-state index in [1.54, 1.807) is 13.3 Å². The predicted molar refractivity (Wildman–Crippen MR) is 70.5 cm³/mol. The zero-order valence-electron chi connectivity index (χ0n) is 9.14. The Kier molecular flexibility index (Phi) is 3.14. The maximum atomic E-state index is 5.83. The molecule has 0 aliphatic rings. The molecule has 17 heavy (non-hydrogen) atoms. The van der Waals surface area contributed by atoms with Crippen LogP contribution >= 0.6 is 15.9 Å². The molecule has 1 heterocycles. The summed E-state index contributed by atoms with van der Waals surface area (Å²) in [5.41, 5.74) is 12.8. The number of methoxy groups -OCH3 is 1. The SMILES string of the molecule is COc1ccc(Br)cc1-c1cnc(N)nc1N. The van der Waals surface area contributed by atoms with Crippen molar-refractivity contribution in [2.24, 2.45) is 0 Å². The fourth-order valence-corrected chi connectivity index (χ4v) is 1.87. The van der Waals surface area contributed by atoms with Gasteiger partial charge in [-0.1, -0.05) is 15.9 Å². The van der Waals surface area contributed by atoms with Gasteiger partial charge in [0.15, 0.2) is 0 Å². The molecule has 0 saturated heterocycles. The van der Waals surface area contributed by atoms with Crippen molar-refractivity contribution in [2.45, 2.75) is 0 Å². The minimum atomic E-state index is 0.153. The van der Waals surface area contributed by atoms with Gasteiger partial charge in [0.25, 0.3) is 0 Å². The molecule has 4 N–H and O–H groups in total. The molecule has 0 bridgehead atoms. The molecular weight excluding hydrogens is 284 g/mol. The van der Waals surface area contributed by atoms with Crippen LogP contribution in [0.25, 0.3) is 11.1 Å². The Labute approximate surface area is 107 Å². The number of rotatable bonds is 2. The van der Waals surface area contributed by atoms with Gasteiger partial charge in [0.05, 0.1) is 7.11 Å². The zero-order valence-corrected chi connectivity index (χ0v) is 10.7. The molecule has 6 heteroatoms. The van der Waals surface area contributed by atoms with Crippen LogP contribution in [-0.2, 0) is 0 Å². The third-order valence-electron chi connectivity index (χ3n) is 2.29. The van der Waals surface area contributed by atoms with Gasteiger partial charge in [0, 0.05) is 21.8 Å². The predicted octanol–water partition coefficient (Wildman–Crippen LogP) is 2.08. The van der Waals surface area contributed by atoms with Crippen LogP contribution in [0.5, 0.6) is 5.75 Å². The Morgan fingerprint density at radius 1 is 1.24 bits per heavy atom. The normalized spacial score (nSPS) is 10.2. The molecule has 5 nitrogen and oxygen atoms in total. The summed E-state index contributed by atoms with van der Waals surface area (Å²) in [5.74, 6) is 1.18. The highest BCUT2D eigenvalue weighted by Crippen LogP contribution is 2.34. The van der Waals surface area contributed by atoms with Gasteiger partial charge in [-0.25, -0.2) is 4.98 Å². The Morgan fingerprint density at radius 2 is 2.00 bits per heavy atom. The number of aromatic nitrogens is 2. The van der Waals surface area contributed by atoms with Gasteiger partial charge in [-0.3, -0.25) is 0 Å². The van der Waals surface area contributed by atoms with E-state index in [2.05, 4.69) is 25.9 Å². The summed E-state index contributed by atoms with van der Waals surface area (Å²) >= 11 is 3.40. The zero-order chi connectivity index (χ0) is 12.4. The molecule has 0 fully saturated rings. The first-order valence-corrected chi connectivity index (χ1v) is 5.63. The first kappa shape index (κ1) is 11.7. The molecule has 0 amide bonds. The molecule has 0 spiro atoms. The average Bonchev–Trinajstić information content (AvgIpc) is 2.29. The Balaban J connectivity index is 2.62. The van der Waals surface area contributed by atoms with Gasteiger partial charge in [0.1, 0.15) is 11.6 Å². The maximum Gasteiger partial charge on any atom is 0.221 e. The van der Waals surface area contributed by atoms with E-state index >= 15 is 0 Å². The van der Waals surface area contributed by atoms with Gasteiger partial charge in [-0.15, -0.1) is 0 Å². The number of ether oxygens (including phenoxy) is 1. The summed E-state index contributed by atoms with van der Waals surface area (Å²) in [6.45, 7) is 0. The van der Waals surface area contributed by atoms with Crippen molar-refractivity contribution in [3.8, 4) is 16.9 Å². The lowest BCUT2D eigenvalue weighted by Gasteiger charge is -2.10. The first-order valence-electron chi connectivity index (χ1n) is 4.83. The molecule has 88 valence electrons. The number of nitrogens with two attached hydrogens (primary N) is 2. The number of halogens is 1. The van der Waals surface area contributed by atoms with Crippen molar-refractivity contribution >= 4 is 27.7 Å². The van der Waals surface area contributed by atoms with Crippen molar-refractivity contribution in [3.63, 3.8) is 0 Å². The molecule has 0 radical (unpaired) electrons. The molecule has 0 aliphatic heterocycles. The lowest BCUT2D eigenvalue weighted by Crippen LogP contribution is -2.01. The van der Waals surface area contributed by atoms with Crippen LogP contribution in [0.4, 0.5) is 11.8 Å². The van der Waals surface area contributed by atoms with Crippen molar-refractivity contribution in [3.05, 3.63) is 28.9 Å². The monoisotopic (exact) mass is 294 g/mol. The van der Waals surface area contributed by atoms with E-state index in [0.717, 1.165) is 10.0 Å². The van der Waals surface area contributed by atoms with E-state index < -0.39 is 0 Å². The van der Waals surface area contributed by atoms with E-state index in [0.29, 0.717) is 17.1 Å². The maximum absolute atomic E-state index is 5.83. The molecule has 0 saturated carbocycles. The summed E-state index contributed by atoms with van der Waals surface area (Å²) in [7, 11) is 1.60. The van der Waals surface area contributed by atoms with Gasteiger partial charge >= 0.3 is 0 Å². The van der Waals surface area contributed by atoms with Crippen molar-refractivity contribution in [1.82, 2.24) is 9.97 Å². The van der Waals surface area contributed by atoms with Crippen LogP contribution in [0.15, 0.2) is 28.9 Å². The van der Waals surface area contributed by atoms with Gasteiger partial charge < -0.3 is 16.2 Å². The largest absolute Gasteiger partial charge is 0.496 e. The van der Waals surface area contributed by atoms with Crippen molar-refractivity contribution in [2.75, 3.05) is 18.6 Å². The minimum absolute atomic E-state index is 0.153. The van der Waals surface area contributed by atoms with Gasteiger partial charge in [-0.2, -0.15) is 4.98 Å². The average molecular weight is 295 g/mol. The highest BCUT2D eigenvalue weighted by Gasteiger charge is 2.11. The highest BCUT2D eigenvalue weighted by molar-refractivity contribution is 9.10. The van der Waals surface area contributed by atoms with Crippen LogP contribution in [-0.4, -0.2) is 17.1 Å². The summed E-state index contributed by atoms with van der Waals surface area (Å²) in [6, 6.07) is 5.62. The van der Waals surface area contributed by atoms with Crippen LogP contribution in [0.3, 0.4) is 0 Å². The van der Waals surface area contributed by atoms with E-state index in [1.165, 1.54) is 0 Å². The molecule has 1 aromatic carbocycles. The molecule has 0 aliphatic carbocycles. The second-order valence-corrected chi connectivity index (χ2v) is 4.29. The Morgan fingerprint density at radius 3 is 2.65 bits per heavy atom. The highest BCUT2D eigenvalue weighted by atomic mass is 79.9. The van der Waals surface area contributed by atoms with Gasteiger partial charge in [-0.05, 0) is 18.2 Å². The van der Waals surface area contributed by atoms with Crippen LogP contribution in [0.2, 0.25) is 0 Å². The number of benzene rings is 1. The Bertz CT molecular complexity index is 559. The number of hydrogen-bond acceptors (Lipinski definition) is 5. The smallest absolute Gasteiger partial charge is 0.221 e. The molecule has 1 aromatic heterocycles. The number of anilines is 2. The molecule has 2 aromatic rings. The van der Waals surface area contributed by atoms with Gasteiger partial charge in [0.2, 0.25) is 5.95 Å². The lowest BCUT2D eigenvalue weighted by atomic mass is 10.1. The summed E-state index contributed by atoms with van der Waals surface area (Å²) < 4.78 is 6.20. The molecule has 0 unspecified atom stereocenters. The molecule has 2 rings (SSSR count). The van der Waals surface area contributed by atoms with Crippen LogP contribution < -0.4 is 16.2 Å². The third kappa shape index (κ3) is 2.31. The lowest BCUT2D eigenvalue weighted by molar-refractivity contribution is 0.416.